The zero-order chi connectivity index (χ0) is 44.5. The molecule has 4 heterocycles. The Kier molecular flexibility index (Phi) is 12.8. The molecule has 1 unspecified atom stereocenters. The first-order valence-corrected chi connectivity index (χ1v) is 23.4. The number of carbonyl (C=O) groups excluding carboxylic acids is 1. The molecule has 2 fully saturated rings. The molecule has 3 aromatic carbocycles. The third-order valence-corrected chi connectivity index (χ3v) is 14.0. The van der Waals surface area contributed by atoms with Crippen LogP contribution in [0.2, 0.25) is 5.02 Å². The van der Waals surface area contributed by atoms with E-state index in [0.717, 1.165) is 87.0 Å². The number of fused-ring (bicyclic) bond motifs is 1. The van der Waals surface area contributed by atoms with E-state index < -0.39 is 31.4 Å². The predicted molar refractivity (Wildman–Crippen MR) is 246 cm³/mol. The maximum absolute atomic E-state index is 14.0. The number of amides is 1. The Morgan fingerprint density at radius 2 is 1.76 bits per heavy atom. The molecule has 0 bridgehead atoms. The van der Waals surface area contributed by atoms with E-state index in [4.69, 9.17) is 21.1 Å². The van der Waals surface area contributed by atoms with Crippen molar-refractivity contribution in [3.05, 3.63) is 117 Å². The number of piperazine rings is 1. The molecule has 3 atom stereocenters. The number of aromatic nitrogens is 2. The molecule has 0 saturated carbocycles. The van der Waals surface area contributed by atoms with Crippen LogP contribution in [0.25, 0.3) is 16.6 Å². The van der Waals surface area contributed by atoms with E-state index in [1.54, 1.807) is 30.5 Å². The number of hydrogen-bond donors (Lipinski definition) is 3. The number of carbonyl (C=O) groups is 1. The van der Waals surface area contributed by atoms with Gasteiger partial charge >= 0.3 is 0 Å². The number of aromatic amines is 1. The van der Waals surface area contributed by atoms with Crippen molar-refractivity contribution < 1.29 is 27.6 Å². The lowest BCUT2D eigenvalue weighted by Crippen LogP contribution is -2.47. The Balaban J connectivity index is 0.998. The number of sulfonamides is 1. The molecule has 2 aliphatic heterocycles. The van der Waals surface area contributed by atoms with Crippen molar-refractivity contribution >= 4 is 61.2 Å². The highest BCUT2D eigenvalue weighted by Crippen LogP contribution is 2.43. The fraction of sp³-hybridized carbons (Fsp3) is 0.404. The van der Waals surface area contributed by atoms with Gasteiger partial charge < -0.3 is 24.7 Å². The van der Waals surface area contributed by atoms with Crippen LogP contribution in [0.5, 0.6) is 11.5 Å². The zero-order valence-corrected chi connectivity index (χ0v) is 37.6. The van der Waals surface area contributed by atoms with E-state index in [2.05, 4.69) is 55.8 Å². The average Bonchev–Trinajstić information content (AvgIpc) is 3.72. The normalized spacial score (nSPS) is 20.7. The number of pyridine rings is 1. The summed E-state index contributed by atoms with van der Waals surface area (Å²) < 4.78 is 41.7. The minimum absolute atomic E-state index is 0.0373. The summed E-state index contributed by atoms with van der Waals surface area (Å²) in [4.78, 5) is 37.3. The number of nitro groups is 1. The van der Waals surface area contributed by atoms with Gasteiger partial charge in [0, 0.05) is 73.7 Å². The van der Waals surface area contributed by atoms with Crippen LogP contribution in [-0.2, 0) is 14.8 Å². The quantitative estimate of drug-likeness (QED) is 0.0760. The van der Waals surface area contributed by atoms with E-state index >= 15 is 0 Å². The Labute approximate surface area is 373 Å². The number of nitro benzene ring substituents is 1. The lowest BCUT2D eigenvalue weighted by Gasteiger charge is -2.39. The second-order valence-corrected chi connectivity index (χ2v) is 20.0. The van der Waals surface area contributed by atoms with Gasteiger partial charge in [-0.2, -0.15) is 0 Å². The first kappa shape index (κ1) is 44.1. The van der Waals surface area contributed by atoms with Crippen LogP contribution in [-0.4, -0.2) is 85.6 Å². The van der Waals surface area contributed by atoms with Crippen molar-refractivity contribution in [3.8, 4) is 11.5 Å². The van der Waals surface area contributed by atoms with Gasteiger partial charge in [-0.15, -0.1) is 0 Å². The number of H-pyrrole nitrogens is 1. The molecule has 63 heavy (non-hydrogen) atoms. The molecule has 2 saturated heterocycles. The summed E-state index contributed by atoms with van der Waals surface area (Å²) >= 11 is 6.24. The van der Waals surface area contributed by atoms with Crippen molar-refractivity contribution in [1.82, 2.24) is 19.6 Å². The van der Waals surface area contributed by atoms with Crippen LogP contribution in [0.1, 0.15) is 75.7 Å². The first-order valence-electron chi connectivity index (χ1n) is 21.5. The summed E-state index contributed by atoms with van der Waals surface area (Å²) in [5.41, 5.74) is 5.54. The van der Waals surface area contributed by atoms with Crippen molar-refractivity contribution in [1.29, 1.82) is 0 Å². The molecule has 5 aromatic rings. The molecule has 14 nitrogen and oxygen atoms in total. The van der Waals surface area contributed by atoms with Gasteiger partial charge in [-0.3, -0.25) is 19.8 Å². The molecule has 2 aromatic heterocycles. The smallest absolute Gasteiger partial charge is 0.293 e. The van der Waals surface area contributed by atoms with E-state index in [0.29, 0.717) is 17.9 Å². The molecule has 1 amide bonds. The molecular weight excluding hydrogens is 842 g/mol. The van der Waals surface area contributed by atoms with Crippen LogP contribution in [0.4, 0.5) is 17.1 Å². The predicted octanol–water partition coefficient (Wildman–Crippen LogP) is 9.44. The lowest BCUT2D eigenvalue weighted by molar-refractivity contribution is -0.384. The van der Waals surface area contributed by atoms with Gasteiger partial charge in [0.2, 0.25) is 0 Å². The van der Waals surface area contributed by atoms with Crippen LogP contribution in [0.3, 0.4) is 0 Å². The van der Waals surface area contributed by atoms with Crippen LogP contribution in [0.15, 0.2) is 95.7 Å². The number of rotatable bonds is 13. The number of halogens is 1. The molecular formula is C47H54ClN7O7S. The highest BCUT2D eigenvalue weighted by molar-refractivity contribution is 7.90. The van der Waals surface area contributed by atoms with Crippen LogP contribution < -0.4 is 19.7 Å². The first-order chi connectivity index (χ1) is 30.1. The van der Waals surface area contributed by atoms with Gasteiger partial charge in [0.25, 0.3) is 21.6 Å². The van der Waals surface area contributed by atoms with E-state index in [1.165, 1.54) is 35.0 Å². The van der Waals surface area contributed by atoms with E-state index in [1.807, 2.05) is 32.0 Å². The Morgan fingerprint density at radius 1 is 1.02 bits per heavy atom. The molecule has 16 heteroatoms. The maximum Gasteiger partial charge on any atom is 0.293 e. The summed E-state index contributed by atoms with van der Waals surface area (Å²) in [6.07, 6.45) is 8.23. The summed E-state index contributed by atoms with van der Waals surface area (Å²) in [5.74, 6) is -0.245. The number of hydrogen-bond acceptors (Lipinski definition) is 11. The molecule has 1 aliphatic carbocycles. The fourth-order valence-electron chi connectivity index (χ4n) is 9.16. The number of ether oxygens (including phenoxy) is 2. The number of nitrogens with one attached hydrogen (secondary N) is 3. The topological polar surface area (TPSA) is 172 Å². The zero-order valence-electron chi connectivity index (χ0n) is 36.0. The minimum Gasteiger partial charge on any atom is -0.455 e. The summed E-state index contributed by atoms with van der Waals surface area (Å²) in [6, 6.07) is 20.5. The van der Waals surface area contributed by atoms with Crippen molar-refractivity contribution in [2.75, 3.05) is 49.5 Å². The van der Waals surface area contributed by atoms with Gasteiger partial charge in [0.1, 0.15) is 22.8 Å². The Bertz CT molecular complexity index is 2630. The summed E-state index contributed by atoms with van der Waals surface area (Å²) in [5, 5.41) is 16.8. The molecule has 0 spiro atoms. The number of anilines is 2. The summed E-state index contributed by atoms with van der Waals surface area (Å²) in [7, 11) is -4.57. The van der Waals surface area contributed by atoms with Gasteiger partial charge in [-0.1, -0.05) is 43.2 Å². The van der Waals surface area contributed by atoms with E-state index in [9.17, 15) is 23.3 Å². The van der Waals surface area contributed by atoms with Gasteiger partial charge in [0.05, 0.1) is 33.8 Å². The van der Waals surface area contributed by atoms with Crippen molar-refractivity contribution in [3.63, 3.8) is 0 Å². The molecule has 8 rings (SSSR count). The molecule has 0 radical (unpaired) electrons. The number of benzene rings is 3. The third kappa shape index (κ3) is 10.5. The standard InChI is InChI=1S/C47H54ClN7O7S/c1-30-21-32(22-31(2)61-30)27-50-42-12-10-39(25-43(42)55(57)58)63(59,60)52-46(56)40-11-9-37(24-44(40)62-38-23-34-14-16-49-45(34)51-28-38)54-19-17-53(18-20-54)29-35-13-15-47(3,4)26-41(35)33-5-7-36(48)8-6-33/h5-12,14,16,23-25,28,30-32,50H,13,15,17-22,26-27,29H2,1-4H3,(H,49,51)(H,52,56)/t30-,31+,32?. The Hall–Kier alpha value is -5.48. The molecule has 3 aliphatic rings. The van der Waals surface area contributed by atoms with E-state index in [-0.39, 0.29) is 40.5 Å². The summed E-state index contributed by atoms with van der Waals surface area (Å²) in [6.45, 7) is 13.1. The van der Waals surface area contributed by atoms with Crippen molar-refractivity contribution in [2.24, 2.45) is 11.3 Å². The van der Waals surface area contributed by atoms with Crippen molar-refractivity contribution in [2.45, 2.75) is 76.9 Å². The number of nitrogens with zero attached hydrogens (tertiary/aromatic N) is 4. The third-order valence-electron chi connectivity index (χ3n) is 12.4. The average molecular weight is 897 g/mol. The second kappa shape index (κ2) is 18.3. The monoisotopic (exact) mass is 895 g/mol. The number of allylic oxidation sites excluding steroid dienone is 1. The highest BCUT2D eigenvalue weighted by Gasteiger charge is 2.31. The second-order valence-electron chi connectivity index (χ2n) is 17.9. The van der Waals surface area contributed by atoms with Gasteiger partial charge in [0.15, 0.2) is 0 Å². The van der Waals surface area contributed by atoms with Gasteiger partial charge in [-0.25, -0.2) is 18.1 Å². The minimum atomic E-state index is -4.57. The lowest BCUT2D eigenvalue weighted by atomic mass is 9.72. The highest BCUT2D eigenvalue weighted by atomic mass is 35.5. The Morgan fingerprint density at radius 3 is 2.49 bits per heavy atom. The maximum atomic E-state index is 14.0. The molecule has 3 N–H and O–H groups in total. The molecule has 332 valence electrons. The van der Waals surface area contributed by atoms with Crippen LogP contribution >= 0.6 is 11.6 Å². The fourth-order valence-corrected chi connectivity index (χ4v) is 10.3. The van der Waals surface area contributed by atoms with Gasteiger partial charge in [-0.05, 0) is 117 Å². The SMILES string of the molecule is C[C@@H]1CC(CNc2ccc(S(=O)(=O)NC(=O)c3ccc(N4CCN(CC5=C(c6ccc(Cl)cc6)CC(C)(C)CC5)CC4)cc3Oc3cnc4[nH]ccc4c3)cc2[N+](=O)[O-])C[C@H](C)O1. The van der Waals surface area contributed by atoms with Crippen LogP contribution in [0, 0.1) is 21.4 Å². The largest absolute Gasteiger partial charge is 0.455 e.